The molecule has 4 nitrogen and oxygen atoms in total. The Bertz CT molecular complexity index is 637. The standard InChI is InChI=1S/C22H33NO3/c1-4-23-10-11-5-6-18(26-3)22-15(11)7-13(21(22)23)12-9-17(25-2)14-8-16(22)19(12)20(14)24/h11-19,21H,4-10H2,1-3H3/t11-,12-,13+,14+,15+,16-,17-,18-,19+,21+,22-/m0/s1. The van der Waals surface area contributed by atoms with Gasteiger partial charge in [0.05, 0.1) is 12.2 Å². The molecule has 1 aliphatic heterocycles. The number of carbonyl (C=O) groups excluding carboxylic acids is 1. The highest BCUT2D eigenvalue weighted by Crippen LogP contribution is 2.75. The Morgan fingerprint density at radius 2 is 1.92 bits per heavy atom. The summed E-state index contributed by atoms with van der Waals surface area (Å²) in [5.74, 6) is 4.43. The summed E-state index contributed by atoms with van der Waals surface area (Å²) >= 11 is 0. The van der Waals surface area contributed by atoms with Gasteiger partial charge in [-0.05, 0) is 68.2 Å². The molecule has 6 fully saturated rings. The van der Waals surface area contributed by atoms with E-state index >= 15 is 0 Å². The van der Waals surface area contributed by atoms with Crippen LogP contribution in [0.2, 0.25) is 0 Å². The number of likely N-dealkylation sites (tertiary alicyclic amines) is 1. The molecule has 144 valence electrons. The SMILES string of the molecule is CCN1C[C@@H]2CC[C@H](OC)[C@]34[C@@H]2C[C@H]([C@@H]2C[C@H](OC)[C@H]5C[C@H]3[C@@H]2C5=O)[C@@H]14. The highest BCUT2D eigenvalue weighted by molar-refractivity contribution is 5.88. The minimum atomic E-state index is 0.161. The van der Waals surface area contributed by atoms with E-state index in [2.05, 4.69) is 11.8 Å². The number of rotatable bonds is 3. The lowest BCUT2D eigenvalue weighted by atomic mass is 9.47. The average molecular weight is 360 g/mol. The molecular weight excluding hydrogens is 326 g/mol. The van der Waals surface area contributed by atoms with Crippen molar-refractivity contribution in [3.8, 4) is 0 Å². The highest BCUT2D eigenvalue weighted by Gasteiger charge is 2.78. The molecule has 5 aliphatic carbocycles. The van der Waals surface area contributed by atoms with Crippen molar-refractivity contribution in [3.63, 3.8) is 0 Å². The maximum atomic E-state index is 13.4. The summed E-state index contributed by atoms with van der Waals surface area (Å²) in [6.07, 6.45) is 6.59. The van der Waals surface area contributed by atoms with Crippen molar-refractivity contribution >= 4 is 5.78 Å². The highest BCUT2D eigenvalue weighted by atomic mass is 16.5. The van der Waals surface area contributed by atoms with Gasteiger partial charge in [-0.1, -0.05) is 6.92 Å². The van der Waals surface area contributed by atoms with Gasteiger partial charge in [-0.25, -0.2) is 0 Å². The van der Waals surface area contributed by atoms with Gasteiger partial charge in [0.25, 0.3) is 0 Å². The van der Waals surface area contributed by atoms with Crippen LogP contribution in [0.15, 0.2) is 0 Å². The first-order chi connectivity index (χ1) is 12.7. The minimum Gasteiger partial charge on any atom is -0.381 e. The first kappa shape index (κ1) is 16.5. The largest absolute Gasteiger partial charge is 0.381 e. The third-order valence-corrected chi connectivity index (χ3v) is 10.1. The fourth-order valence-electron chi connectivity index (χ4n) is 9.70. The van der Waals surface area contributed by atoms with Gasteiger partial charge in [0.15, 0.2) is 0 Å². The maximum absolute atomic E-state index is 13.4. The van der Waals surface area contributed by atoms with Crippen molar-refractivity contribution < 1.29 is 14.3 Å². The van der Waals surface area contributed by atoms with E-state index in [9.17, 15) is 4.79 Å². The molecule has 1 heterocycles. The van der Waals surface area contributed by atoms with Crippen molar-refractivity contribution in [1.82, 2.24) is 4.90 Å². The van der Waals surface area contributed by atoms with Crippen LogP contribution in [0, 0.1) is 46.8 Å². The van der Waals surface area contributed by atoms with Gasteiger partial charge in [-0.3, -0.25) is 9.69 Å². The topological polar surface area (TPSA) is 38.8 Å². The quantitative estimate of drug-likeness (QED) is 0.776. The van der Waals surface area contributed by atoms with Crippen molar-refractivity contribution in [2.75, 3.05) is 27.3 Å². The summed E-state index contributed by atoms with van der Waals surface area (Å²) in [5.41, 5.74) is 0.241. The molecule has 0 aromatic carbocycles. The zero-order chi connectivity index (χ0) is 17.8. The molecular formula is C22H33NO3. The molecule has 6 aliphatic rings. The van der Waals surface area contributed by atoms with E-state index in [4.69, 9.17) is 9.47 Å². The first-order valence-electron chi connectivity index (χ1n) is 11.0. The van der Waals surface area contributed by atoms with E-state index in [0.29, 0.717) is 41.6 Å². The summed E-state index contributed by atoms with van der Waals surface area (Å²) in [5, 5.41) is 0. The summed E-state index contributed by atoms with van der Waals surface area (Å²) in [4.78, 5) is 16.2. The Hall–Kier alpha value is -0.450. The van der Waals surface area contributed by atoms with Crippen LogP contribution < -0.4 is 0 Å². The monoisotopic (exact) mass is 359 g/mol. The molecule has 26 heavy (non-hydrogen) atoms. The maximum Gasteiger partial charge on any atom is 0.142 e. The van der Waals surface area contributed by atoms with Crippen LogP contribution in [-0.4, -0.2) is 56.2 Å². The van der Waals surface area contributed by atoms with E-state index in [-0.39, 0.29) is 17.4 Å². The smallest absolute Gasteiger partial charge is 0.142 e. The van der Waals surface area contributed by atoms with Crippen molar-refractivity contribution in [1.29, 1.82) is 0 Å². The second-order valence-corrected chi connectivity index (χ2v) is 10.2. The molecule has 0 radical (unpaired) electrons. The molecule has 0 aromatic rings. The lowest BCUT2D eigenvalue weighted by Crippen LogP contribution is -2.70. The number of piperidine rings is 1. The summed E-state index contributed by atoms with van der Waals surface area (Å²) in [6, 6.07) is 0.646. The zero-order valence-electron chi connectivity index (χ0n) is 16.4. The number of methoxy groups -OCH3 is 2. The third-order valence-electron chi connectivity index (χ3n) is 10.1. The molecule has 1 saturated heterocycles. The number of nitrogens with zero attached hydrogens (tertiary/aromatic N) is 1. The van der Waals surface area contributed by atoms with Gasteiger partial charge >= 0.3 is 0 Å². The predicted molar refractivity (Wildman–Crippen MR) is 97.6 cm³/mol. The summed E-state index contributed by atoms with van der Waals surface area (Å²) < 4.78 is 12.1. The van der Waals surface area contributed by atoms with Gasteiger partial charge in [0, 0.05) is 44.1 Å². The Morgan fingerprint density at radius 3 is 2.65 bits per heavy atom. The lowest BCUT2D eigenvalue weighted by Gasteiger charge is -2.65. The minimum absolute atomic E-state index is 0.161. The summed E-state index contributed by atoms with van der Waals surface area (Å²) in [7, 11) is 3.76. The molecule has 5 saturated carbocycles. The van der Waals surface area contributed by atoms with Crippen LogP contribution in [0.3, 0.4) is 0 Å². The second kappa shape index (κ2) is 5.33. The van der Waals surface area contributed by atoms with Crippen molar-refractivity contribution in [2.45, 2.75) is 57.3 Å². The Morgan fingerprint density at radius 1 is 1.08 bits per heavy atom. The van der Waals surface area contributed by atoms with E-state index in [1.165, 1.54) is 25.8 Å². The lowest BCUT2D eigenvalue weighted by molar-refractivity contribution is -0.208. The van der Waals surface area contributed by atoms with Crippen LogP contribution in [0.25, 0.3) is 0 Å². The Kier molecular flexibility index (Phi) is 3.38. The van der Waals surface area contributed by atoms with E-state index < -0.39 is 0 Å². The first-order valence-corrected chi connectivity index (χ1v) is 11.0. The van der Waals surface area contributed by atoms with Crippen molar-refractivity contribution in [3.05, 3.63) is 0 Å². The predicted octanol–water partition coefficient (Wildman–Crippen LogP) is 2.61. The zero-order valence-corrected chi connectivity index (χ0v) is 16.4. The third kappa shape index (κ3) is 1.60. The summed E-state index contributed by atoms with van der Waals surface area (Å²) in [6.45, 7) is 4.78. The normalized spacial score (nSPS) is 59.7. The number of Topliss-reactive ketones (excluding diaryl/α,β-unsaturated/α-hetero) is 1. The molecule has 0 amide bonds. The Balaban J connectivity index is 1.55. The Labute approximate surface area is 157 Å². The van der Waals surface area contributed by atoms with Crippen LogP contribution >= 0.6 is 0 Å². The van der Waals surface area contributed by atoms with Gasteiger partial charge in [-0.15, -0.1) is 0 Å². The molecule has 11 atom stereocenters. The number of carbonyl (C=O) groups is 1. The van der Waals surface area contributed by atoms with Crippen molar-refractivity contribution in [2.24, 2.45) is 46.8 Å². The van der Waals surface area contributed by atoms with Gasteiger partial charge < -0.3 is 9.47 Å². The van der Waals surface area contributed by atoms with Gasteiger partial charge in [0.2, 0.25) is 0 Å². The fraction of sp³-hybridized carbons (Fsp3) is 0.955. The number of ether oxygens (including phenoxy) is 2. The fourth-order valence-corrected chi connectivity index (χ4v) is 9.70. The molecule has 4 heteroatoms. The molecule has 7 bridgehead atoms. The van der Waals surface area contributed by atoms with Gasteiger partial charge in [-0.2, -0.15) is 0 Å². The molecule has 1 spiro atoms. The van der Waals surface area contributed by atoms with Crippen LogP contribution in [0.4, 0.5) is 0 Å². The van der Waals surface area contributed by atoms with Crippen LogP contribution in [0.1, 0.15) is 39.0 Å². The number of hydrogen-bond donors (Lipinski definition) is 0. The second-order valence-electron chi connectivity index (χ2n) is 10.2. The average Bonchev–Trinajstić information content (AvgIpc) is 3.01. The molecule has 0 aromatic heterocycles. The molecule has 6 rings (SSSR count). The number of ketones is 1. The van der Waals surface area contributed by atoms with Gasteiger partial charge in [0.1, 0.15) is 5.78 Å². The van der Waals surface area contributed by atoms with Crippen LogP contribution in [-0.2, 0) is 14.3 Å². The molecule has 0 N–H and O–H groups in total. The van der Waals surface area contributed by atoms with E-state index in [1.807, 2.05) is 14.2 Å². The van der Waals surface area contributed by atoms with E-state index in [0.717, 1.165) is 31.2 Å². The number of hydrogen-bond acceptors (Lipinski definition) is 4. The number of fused-ring (bicyclic) bond motifs is 2. The van der Waals surface area contributed by atoms with E-state index in [1.54, 1.807) is 0 Å². The van der Waals surface area contributed by atoms with Crippen LogP contribution in [0.5, 0.6) is 0 Å². The molecule has 0 unspecified atom stereocenters.